The normalized spacial score (nSPS) is 16.5. The molecule has 150 valence electrons. The number of carbonyl (C=O) groups excluding carboxylic acids is 1. The predicted octanol–water partition coefficient (Wildman–Crippen LogP) is 6.02. The van der Waals surface area contributed by atoms with E-state index in [0.29, 0.717) is 19.5 Å². The van der Waals surface area contributed by atoms with Crippen LogP contribution in [0.4, 0.5) is 5.69 Å². The van der Waals surface area contributed by atoms with Gasteiger partial charge < -0.3 is 9.47 Å². The summed E-state index contributed by atoms with van der Waals surface area (Å²) in [5.41, 5.74) is 3.94. The van der Waals surface area contributed by atoms with Crippen LogP contribution in [0.5, 0.6) is 0 Å². The molecule has 5 rings (SSSR count). The molecule has 1 aliphatic heterocycles. The number of fused-ring (bicyclic) bond motifs is 1. The molecule has 1 saturated heterocycles. The number of imidazole rings is 1. The van der Waals surface area contributed by atoms with E-state index in [4.69, 9.17) is 16.6 Å². The highest BCUT2D eigenvalue weighted by atomic mass is 79.9. The van der Waals surface area contributed by atoms with Gasteiger partial charge in [0, 0.05) is 34.1 Å². The molecule has 6 heteroatoms. The molecule has 1 atom stereocenters. The number of benzene rings is 3. The molecule has 0 saturated carbocycles. The third kappa shape index (κ3) is 3.53. The van der Waals surface area contributed by atoms with Crippen LogP contribution in [0.1, 0.15) is 23.7 Å². The SMILES string of the molecule is O=C1CC(c2nc3ccccc3n2Cc2ccccc2Cl)CN1c1cccc(Br)c1. The van der Waals surface area contributed by atoms with Gasteiger partial charge in [0.25, 0.3) is 0 Å². The quantitative estimate of drug-likeness (QED) is 0.358. The zero-order valence-corrected chi connectivity index (χ0v) is 18.5. The van der Waals surface area contributed by atoms with Crippen LogP contribution in [0.3, 0.4) is 0 Å². The van der Waals surface area contributed by atoms with Gasteiger partial charge in [-0.1, -0.05) is 63.9 Å². The van der Waals surface area contributed by atoms with Crippen molar-refractivity contribution in [1.29, 1.82) is 0 Å². The molecule has 2 heterocycles. The van der Waals surface area contributed by atoms with Crippen molar-refractivity contribution in [2.24, 2.45) is 0 Å². The Bertz CT molecular complexity index is 1250. The Morgan fingerprint density at radius 2 is 1.83 bits per heavy atom. The largest absolute Gasteiger partial charge is 0.323 e. The summed E-state index contributed by atoms with van der Waals surface area (Å²) in [5.74, 6) is 1.07. The minimum atomic E-state index is 0.0198. The van der Waals surface area contributed by atoms with E-state index in [1.165, 1.54) is 0 Å². The molecule has 1 aromatic heterocycles. The summed E-state index contributed by atoms with van der Waals surface area (Å²) in [6.07, 6.45) is 0.443. The fraction of sp³-hybridized carbons (Fsp3) is 0.167. The predicted molar refractivity (Wildman–Crippen MR) is 124 cm³/mol. The van der Waals surface area contributed by atoms with Crippen molar-refractivity contribution in [3.05, 3.63) is 93.7 Å². The van der Waals surface area contributed by atoms with E-state index < -0.39 is 0 Å². The molecule has 4 aromatic rings. The zero-order valence-electron chi connectivity index (χ0n) is 16.1. The van der Waals surface area contributed by atoms with Gasteiger partial charge in [-0.15, -0.1) is 0 Å². The summed E-state index contributed by atoms with van der Waals surface area (Å²) >= 11 is 9.95. The molecule has 1 aliphatic rings. The average molecular weight is 481 g/mol. The lowest BCUT2D eigenvalue weighted by Crippen LogP contribution is -2.24. The lowest BCUT2D eigenvalue weighted by atomic mass is 10.1. The van der Waals surface area contributed by atoms with E-state index in [1.54, 1.807) is 0 Å². The van der Waals surface area contributed by atoms with Crippen LogP contribution in [0, 0.1) is 0 Å². The Morgan fingerprint density at radius 1 is 1.03 bits per heavy atom. The number of rotatable bonds is 4. The maximum Gasteiger partial charge on any atom is 0.227 e. The van der Waals surface area contributed by atoms with Gasteiger partial charge in [-0.05, 0) is 42.0 Å². The number of hydrogen-bond donors (Lipinski definition) is 0. The highest BCUT2D eigenvalue weighted by Gasteiger charge is 2.35. The molecular weight excluding hydrogens is 462 g/mol. The number of para-hydroxylation sites is 2. The van der Waals surface area contributed by atoms with Gasteiger partial charge in [-0.3, -0.25) is 4.79 Å². The van der Waals surface area contributed by atoms with E-state index in [-0.39, 0.29) is 11.8 Å². The van der Waals surface area contributed by atoms with Gasteiger partial charge in [0.15, 0.2) is 0 Å². The van der Waals surface area contributed by atoms with Crippen LogP contribution in [0.15, 0.2) is 77.3 Å². The van der Waals surface area contributed by atoms with E-state index in [9.17, 15) is 4.79 Å². The first-order valence-corrected chi connectivity index (χ1v) is 11.0. The highest BCUT2D eigenvalue weighted by molar-refractivity contribution is 9.10. The first-order valence-electron chi connectivity index (χ1n) is 9.84. The van der Waals surface area contributed by atoms with Gasteiger partial charge in [0.1, 0.15) is 5.82 Å². The van der Waals surface area contributed by atoms with E-state index in [0.717, 1.165) is 37.6 Å². The van der Waals surface area contributed by atoms with Crippen molar-refractivity contribution in [2.45, 2.75) is 18.9 Å². The standard InChI is InChI=1S/C24H19BrClN3O/c25-18-7-5-8-19(13-18)28-15-17(12-23(28)30)24-27-21-10-3-4-11-22(21)29(24)14-16-6-1-2-9-20(16)26/h1-11,13,17H,12,14-15H2. The Morgan fingerprint density at radius 3 is 2.67 bits per heavy atom. The second kappa shape index (κ2) is 7.89. The van der Waals surface area contributed by atoms with Crippen LogP contribution in [0.25, 0.3) is 11.0 Å². The maximum absolute atomic E-state index is 12.9. The second-order valence-electron chi connectivity index (χ2n) is 7.52. The Labute approximate surface area is 188 Å². The Balaban J connectivity index is 1.54. The van der Waals surface area contributed by atoms with E-state index in [1.807, 2.05) is 71.6 Å². The van der Waals surface area contributed by atoms with Crippen LogP contribution in [-0.4, -0.2) is 22.0 Å². The van der Waals surface area contributed by atoms with Crippen molar-refractivity contribution < 1.29 is 4.79 Å². The average Bonchev–Trinajstić information content (AvgIpc) is 3.30. The zero-order chi connectivity index (χ0) is 20.7. The molecule has 1 fully saturated rings. The number of anilines is 1. The van der Waals surface area contributed by atoms with Crippen LogP contribution >= 0.6 is 27.5 Å². The summed E-state index contributed by atoms with van der Waals surface area (Å²) in [6.45, 7) is 1.23. The van der Waals surface area contributed by atoms with Crippen molar-refractivity contribution in [3.8, 4) is 0 Å². The van der Waals surface area contributed by atoms with Gasteiger partial charge in [-0.2, -0.15) is 0 Å². The van der Waals surface area contributed by atoms with Crippen molar-refractivity contribution in [1.82, 2.24) is 9.55 Å². The summed E-state index contributed by atoms with van der Waals surface area (Å²) in [6, 6.07) is 23.8. The Hall–Kier alpha value is -2.63. The minimum Gasteiger partial charge on any atom is -0.323 e. The fourth-order valence-electron chi connectivity index (χ4n) is 4.14. The fourth-order valence-corrected chi connectivity index (χ4v) is 4.73. The summed E-state index contributed by atoms with van der Waals surface area (Å²) < 4.78 is 3.17. The summed E-state index contributed by atoms with van der Waals surface area (Å²) in [7, 11) is 0. The van der Waals surface area contributed by atoms with E-state index in [2.05, 4.69) is 26.6 Å². The number of halogens is 2. The summed E-state index contributed by atoms with van der Waals surface area (Å²) in [4.78, 5) is 19.6. The van der Waals surface area contributed by atoms with Crippen molar-refractivity contribution in [3.63, 3.8) is 0 Å². The Kier molecular flexibility index (Phi) is 5.09. The number of aromatic nitrogens is 2. The number of carbonyl (C=O) groups is 1. The lowest BCUT2D eigenvalue weighted by Gasteiger charge is -2.18. The molecule has 0 aliphatic carbocycles. The molecule has 1 amide bonds. The number of hydrogen-bond acceptors (Lipinski definition) is 2. The third-order valence-electron chi connectivity index (χ3n) is 5.58. The number of nitrogens with zero attached hydrogens (tertiary/aromatic N) is 3. The monoisotopic (exact) mass is 479 g/mol. The second-order valence-corrected chi connectivity index (χ2v) is 8.84. The van der Waals surface area contributed by atoms with Crippen LogP contribution in [0.2, 0.25) is 5.02 Å². The molecule has 4 nitrogen and oxygen atoms in total. The first kappa shape index (κ1) is 19.3. The van der Waals surface area contributed by atoms with Crippen LogP contribution in [-0.2, 0) is 11.3 Å². The smallest absolute Gasteiger partial charge is 0.227 e. The van der Waals surface area contributed by atoms with Gasteiger partial charge in [0.05, 0.1) is 17.6 Å². The molecule has 0 spiro atoms. The van der Waals surface area contributed by atoms with Gasteiger partial charge in [-0.25, -0.2) is 4.98 Å². The minimum absolute atomic E-state index is 0.0198. The molecule has 3 aromatic carbocycles. The molecule has 0 bridgehead atoms. The van der Waals surface area contributed by atoms with Crippen molar-refractivity contribution >= 4 is 50.2 Å². The topological polar surface area (TPSA) is 38.1 Å². The van der Waals surface area contributed by atoms with Crippen molar-refractivity contribution in [2.75, 3.05) is 11.4 Å². The molecule has 0 radical (unpaired) electrons. The van der Waals surface area contributed by atoms with Gasteiger partial charge in [0.2, 0.25) is 5.91 Å². The molecule has 30 heavy (non-hydrogen) atoms. The van der Waals surface area contributed by atoms with Gasteiger partial charge >= 0.3 is 0 Å². The molecular formula is C24H19BrClN3O. The first-order chi connectivity index (χ1) is 14.6. The third-order valence-corrected chi connectivity index (χ3v) is 6.44. The lowest BCUT2D eigenvalue weighted by molar-refractivity contribution is -0.117. The maximum atomic E-state index is 12.9. The molecule has 0 N–H and O–H groups in total. The summed E-state index contributed by atoms with van der Waals surface area (Å²) in [5, 5.41) is 0.736. The number of amides is 1. The highest BCUT2D eigenvalue weighted by Crippen LogP contribution is 2.34. The van der Waals surface area contributed by atoms with Crippen LogP contribution < -0.4 is 4.90 Å². The molecule has 1 unspecified atom stereocenters. The van der Waals surface area contributed by atoms with E-state index >= 15 is 0 Å².